The second-order valence-corrected chi connectivity index (χ2v) is 6.87. The number of hydrogen-bond acceptors (Lipinski definition) is 3. The van der Waals surface area contributed by atoms with Crippen LogP contribution in [0, 0.1) is 0 Å². The van der Waals surface area contributed by atoms with E-state index in [-0.39, 0.29) is 12.0 Å². The molecule has 0 aromatic heterocycles. The van der Waals surface area contributed by atoms with Gasteiger partial charge in [0.1, 0.15) is 5.75 Å². The Kier molecular flexibility index (Phi) is 4.11. The fourth-order valence-electron chi connectivity index (χ4n) is 4.29. The first-order valence-electron chi connectivity index (χ1n) is 8.73. The Morgan fingerprint density at radius 2 is 1.79 bits per heavy atom. The third-order valence-electron chi connectivity index (χ3n) is 5.55. The molecule has 2 bridgehead atoms. The first-order chi connectivity index (χ1) is 11.8. The number of benzene rings is 2. The van der Waals surface area contributed by atoms with E-state index in [2.05, 4.69) is 29.2 Å². The molecular formula is C21H23NO2. The molecule has 2 aliphatic rings. The molecule has 0 aliphatic carbocycles. The number of nitrogens with zero attached hydrogens (tertiary/aromatic N) is 1. The molecule has 3 nitrogen and oxygen atoms in total. The first kappa shape index (κ1) is 15.4. The van der Waals surface area contributed by atoms with E-state index in [0.29, 0.717) is 11.8 Å². The molecule has 2 aromatic rings. The van der Waals surface area contributed by atoms with E-state index in [9.17, 15) is 4.79 Å². The van der Waals surface area contributed by atoms with Crippen LogP contribution in [0.15, 0.2) is 54.6 Å². The lowest BCUT2D eigenvalue weighted by Crippen LogP contribution is -2.47. The number of carbonyl (C=O) groups is 1. The number of ether oxygens (including phenoxy) is 1. The third kappa shape index (κ3) is 2.73. The molecule has 24 heavy (non-hydrogen) atoms. The molecule has 4 rings (SSSR count). The molecular weight excluding hydrogens is 298 g/mol. The summed E-state index contributed by atoms with van der Waals surface area (Å²) < 4.78 is 5.23. The van der Waals surface area contributed by atoms with Gasteiger partial charge in [0.15, 0.2) is 5.78 Å². The Bertz CT molecular complexity index is 710. The second kappa shape index (κ2) is 6.40. The van der Waals surface area contributed by atoms with Gasteiger partial charge in [-0.1, -0.05) is 42.5 Å². The van der Waals surface area contributed by atoms with E-state index >= 15 is 0 Å². The van der Waals surface area contributed by atoms with Crippen LogP contribution in [-0.4, -0.2) is 29.9 Å². The maximum absolute atomic E-state index is 13.1. The van der Waals surface area contributed by atoms with Gasteiger partial charge in [0.2, 0.25) is 0 Å². The van der Waals surface area contributed by atoms with Gasteiger partial charge >= 0.3 is 0 Å². The summed E-state index contributed by atoms with van der Waals surface area (Å²) >= 11 is 0. The summed E-state index contributed by atoms with van der Waals surface area (Å²) in [4.78, 5) is 15.5. The van der Waals surface area contributed by atoms with Crippen molar-refractivity contribution < 1.29 is 9.53 Å². The number of Topliss-reactive ketones (excluding diaryl/α,β-unsaturated/α-hetero) is 1. The van der Waals surface area contributed by atoms with E-state index in [1.807, 2.05) is 30.3 Å². The number of carbonyl (C=O) groups excluding carboxylic acids is 1. The first-order valence-corrected chi connectivity index (χ1v) is 8.73. The van der Waals surface area contributed by atoms with Crippen molar-refractivity contribution in [1.29, 1.82) is 0 Å². The molecule has 0 spiro atoms. The normalized spacial score (nSPS) is 26.5. The summed E-state index contributed by atoms with van der Waals surface area (Å²) in [6.07, 6.45) is 3.08. The Morgan fingerprint density at radius 1 is 1.04 bits per heavy atom. The topological polar surface area (TPSA) is 29.5 Å². The highest BCUT2D eigenvalue weighted by atomic mass is 16.5. The Balaban J connectivity index is 1.53. The van der Waals surface area contributed by atoms with Gasteiger partial charge in [-0.3, -0.25) is 9.69 Å². The zero-order valence-corrected chi connectivity index (χ0v) is 14.0. The molecule has 2 aliphatic heterocycles. The smallest absolute Gasteiger partial charge is 0.157 e. The van der Waals surface area contributed by atoms with Gasteiger partial charge in [0.05, 0.1) is 13.2 Å². The summed E-state index contributed by atoms with van der Waals surface area (Å²) in [5.41, 5.74) is 2.43. The van der Waals surface area contributed by atoms with Crippen molar-refractivity contribution in [3.8, 4) is 5.75 Å². The summed E-state index contributed by atoms with van der Waals surface area (Å²) in [5, 5.41) is 0. The van der Waals surface area contributed by atoms with E-state index in [1.165, 1.54) is 5.56 Å². The van der Waals surface area contributed by atoms with Gasteiger partial charge in [-0.15, -0.1) is 0 Å². The van der Waals surface area contributed by atoms with Crippen molar-refractivity contribution in [2.45, 2.75) is 43.8 Å². The van der Waals surface area contributed by atoms with Crippen molar-refractivity contribution >= 4 is 5.78 Å². The van der Waals surface area contributed by atoms with Gasteiger partial charge in [0, 0.05) is 18.5 Å². The van der Waals surface area contributed by atoms with Crippen molar-refractivity contribution in [2.24, 2.45) is 0 Å². The molecule has 2 saturated heterocycles. The van der Waals surface area contributed by atoms with Crippen molar-refractivity contribution in [2.75, 3.05) is 7.11 Å². The minimum Gasteiger partial charge on any atom is -0.497 e. The van der Waals surface area contributed by atoms with E-state index in [1.54, 1.807) is 7.11 Å². The summed E-state index contributed by atoms with van der Waals surface area (Å²) in [6, 6.07) is 19.1. The molecule has 0 saturated carbocycles. The summed E-state index contributed by atoms with van der Waals surface area (Å²) in [6.45, 7) is 0.886. The van der Waals surface area contributed by atoms with Crippen molar-refractivity contribution in [3.05, 3.63) is 65.7 Å². The lowest BCUT2D eigenvalue weighted by Gasteiger charge is -2.38. The zero-order chi connectivity index (χ0) is 16.5. The van der Waals surface area contributed by atoms with Gasteiger partial charge in [-0.25, -0.2) is 0 Å². The summed E-state index contributed by atoms with van der Waals surface area (Å²) in [7, 11) is 1.67. The highest BCUT2D eigenvalue weighted by Crippen LogP contribution is 2.41. The van der Waals surface area contributed by atoms with Crippen LogP contribution in [0.2, 0.25) is 0 Å². The quantitative estimate of drug-likeness (QED) is 0.858. The van der Waals surface area contributed by atoms with Gasteiger partial charge in [0.25, 0.3) is 0 Å². The van der Waals surface area contributed by atoms with Gasteiger partial charge < -0.3 is 4.74 Å². The minimum absolute atomic E-state index is 0.0421. The van der Waals surface area contributed by atoms with Crippen molar-refractivity contribution in [1.82, 2.24) is 4.90 Å². The van der Waals surface area contributed by atoms with Gasteiger partial charge in [-0.05, 0) is 42.5 Å². The Morgan fingerprint density at radius 3 is 2.50 bits per heavy atom. The fourth-order valence-corrected chi connectivity index (χ4v) is 4.29. The van der Waals surface area contributed by atoms with Crippen LogP contribution in [0.5, 0.6) is 5.75 Å². The Labute approximate surface area is 143 Å². The van der Waals surface area contributed by atoms with Crippen LogP contribution in [-0.2, 0) is 11.3 Å². The van der Waals surface area contributed by atoms with E-state index in [0.717, 1.165) is 37.1 Å². The predicted molar refractivity (Wildman–Crippen MR) is 94.2 cm³/mol. The molecule has 3 atom stereocenters. The molecule has 0 N–H and O–H groups in total. The standard InChI is InChI=1S/C21H23NO2/c1-24-18-10-7-16(8-11-18)19-13-17-9-12-20(21(19)23)22(17)14-15-5-3-2-4-6-15/h2-8,10-11,17,19-20H,9,12-14H2,1H3/t17-,19+,20-/m1/s1. The fraction of sp³-hybridized carbons (Fsp3) is 0.381. The minimum atomic E-state index is 0.0421. The van der Waals surface area contributed by atoms with Crippen LogP contribution >= 0.6 is 0 Å². The lowest BCUT2D eigenvalue weighted by atomic mass is 9.83. The average Bonchev–Trinajstić information content (AvgIpc) is 2.93. The van der Waals surface area contributed by atoms with Crippen LogP contribution in [0.4, 0.5) is 0 Å². The SMILES string of the molecule is COc1ccc([C@@H]2C[C@H]3CC[C@H](C2=O)N3Cc2ccccc2)cc1. The molecule has 124 valence electrons. The van der Waals surface area contributed by atoms with Gasteiger partial charge in [-0.2, -0.15) is 0 Å². The number of piperidine rings is 1. The number of ketones is 1. The number of rotatable bonds is 4. The Hall–Kier alpha value is -2.13. The largest absolute Gasteiger partial charge is 0.497 e. The molecule has 3 heteroatoms. The number of methoxy groups -OCH3 is 1. The molecule has 0 amide bonds. The maximum Gasteiger partial charge on any atom is 0.157 e. The van der Waals surface area contributed by atoms with Crippen LogP contribution in [0.25, 0.3) is 0 Å². The number of fused-ring (bicyclic) bond motifs is 2. The third-order valence-corrected chi connectivity index (χ3v) is 5.55. The molecule has 0 unspecified atom stereocenters. The highest BCUT2D eigenvalue weighted by molar-refractivity contribution is 5.92. The van der Waals surface area contributed by atoms with E-state index < -0.39 is 0 Å². The number of hydrogen-bond donors (Lipinski definition) is 0. The van der Waals surface area contributed by atoms with E-state index in [4.69, 9.17) is 4.74 Å². The highest BCUT2D eigenvalue weighted by Gasteiger charge is 2.46. The predicted octanol–water partition coefficient (Wildman–Crippen LogP) is 3.78. The van der Waals surface area contributed by atoms with Crippen LogP contribution in [0.3, 0.4) is 0 Å². The zero-order valence-electron chi connectivity index (χ0n) is 14.0. The van der Waals surface area contributed by atoms with Crippen LogP contribution in [0.1, 0.15) is 36.3 Å². The van der Waals surface area contributed by atoms with Crippen LogP contribution < -0.4 is 4.74 Å². The lowest BCUT2D eigenvalue weighted by molar-refractivity contribution is -0.128. The molecule has 0 radical (unpaired) electrons. The molecule has 2 aromatic carbocycles. The second-order valence-electron chi connectivity index (χ2n) is 6.87. The monoisotopic (exact) mass is 321 g/mol. The average molecular weight is 321 g/mol. The molecule has 2 heterocycles. The van der Waals surface area contributed by atoms with Crippen molar-refractivity contribution in [3.63, 3.8) is 0 Å². The maximum atomic E-state index is 13.1. The molecule has 2 fully saturated rings. The summed E-state index contributed by atoms with van der Waals surface area (Å²) in [5.74, 6) is 1.28.